The van der Waals surface area contributed by atoms with Crippen LogP contribution < -0.4 is 0 Å². The minimum Gasteiger partial charge on any atom is -0.264 e. The number of rotatable bonds is 8. The molecule has 0 atom stereocenters. The monoisotopic (exact) mass is 219 g/mol. The van der Waals surface area contributed by atoms with Gasteiger partial charge in [-0.2, -0.15) is 0 Å². The van der Waals surface area contributed by atoms with Crippen LogP contribution in [0, 0.1) is 0 Å². The van der Waals surface area contributed by atoms with Crippen molar-refractivity contribution in [3.05, 3.63) is 29.6 Å². The van der Waals surface area contributed by atoms with Crippen LogP contribution in [-0.2, 0) is 12.8 Å². The van der Waals surface area contributed by atoms with Crippen LogP contribution in [0.1, 0.15) is 63.5 Å². The summed E-state index contributed by atoms with van der Waals surface area (Å²) >= 11 is 0. The van der Waals surface area contributed by atoms with Gasteiger partial charge in [0.05, 0.1) is 0 Å². The van der Waals surface area contributed by atoms with Crippen molar-refractivity contribution in [2.45, 2.75) is 65.2 Å². The van der Waals surface area contributed by atoms with Crippen LogP contribution in [0.3, 0.4) is 0 Å². The lowest BCUT2D eigenvalue weighted by atomic mass is 10.0. The first-order chi connectivity index (χ1) is 7.86. The van der Waals surface area contributed by atoms with Gasteiger partial charge in [-0.1, -0.05) is 45.6 Å². The van der Waals surface area contributed by atoms with E-state index in [2.05, 4.69) is 24.9 Å². The van der Waals surface area contributed by atoms with E-state index in [-0.39, 0.29) is 0 Å². The third-order valence-electron chi connectivity index (χ3n) is 2.99. The van der Waals surface area contributed by atoms with Crippen molar-refractivity contribution < 1.29 is 0 Å². The minimum atomic E-state index is 1.20. The molecule has 0 bridgehead atoms. The normalized spacial score (nSPS) is 10.6. The van der Waals surface area contributed by atoms with Gasteiger partial charge in [0.1, 0.15) is 0 Å². The van der Waals surface area contributed by atoms with Gasteiger partial charge in [-0.3, -0.25) is 4.98 Å². The highest BCUT2D eigenvalue weighted by atomic mass is 14.6. The zero-order chi connectivity index (χ0) is 11.6. The Morgan fingerprint density at radius 2 is 1.31 bits per heavy atom. The van der Waals surface area contributed by atoms with Crippen molar-refractivity contribution in [1.82, 2.24) is 4.98 Å². The van der Waals surface area contributed by atoms with Crippen molar-refractivity contribution in [3.63, 3.8) is 0 Å². The maximum Gasteiger partial charge on any atom is 0.0300 e. The average Bonchev–Trinajstić information content (AvgIpc) is 2.30. The van der Waals surface area contributed by atoms with Crippen molar-refractivity contribution in [2.24, 2.45) is 0 Å². The van der Waals surface area contributed by atoms with Crippen LogP contribution in [-0.4, -0.2) is 4.98 Å². The Hall–Kier alpha value is -0.850. The van der Waals surface area contributed by atoms with Gasteiger partial charge in [0.2, 0.25) is 0 Å². The molecular weight excluding hydrogens is 194 g/mol. The van der Waals surface area contributed by atoms with Crippen molar-refractivity contribution in [1.29, 1.82) is 0 Å². The largest absolute Gasteiger partial charge is 0.264 e. The van der Waals surface area contributed by atoms with E-state index >= 15 is 0 Å². The van der Waals surface area contributed by atoms with Crippen molar-refractivity contribution in [2.75, 3.05) is 0 Å². The Balaban J connectivity index is 2.37. The Morgan fingerprint density at radius 3 is 1.75 bits per heavy atom. The van der Waals surface area contributed by atoms with Gasteiger partial charge >= 0.3 is 0 Å². The van der Waals surface area contributed by atoms with Gasteiger partial charge in [-0.15, -0.1) is 0 Å². The number of hydrogen-bond donors (Lipinski definition) is 0. The van der Waals surface area contributed by atoms with Gasteiger partial charge in [-0.05, 0) is 36.8 Å². The molecule has 1 nitrogen and oxygen atoms in total. The number of pyridine rings is 1. The molecule has 0 N–H and O–H groups in total. The first-order valence-electron chi connectivity index (χ1n) is 6.79. The van der Waals surface area contributed by atoms with E-state index in [1.54, 1.807) is 0 Å². The Labute approximate surface area is 100 Å². The van der Waals surface area contributed by atoms with Crippen molar-refractivity contribution >= 4 is 0 Å². The molecule has 90 valence electrons. The van der Waals surface area contributed by atoms with Gasteiger partial charge in [0.25, 0.3) is 0 Å². The molecule has 1 heterocycles. The summed E-state index contributed by atoms with van der Waals surface area (Å²) in [7, 11) is 0. The zero-order valence-corrected chi connectivity index (χ0v) is 10.8. The molecule has 0 fully saturated rings. The quantitative estimate of drug-likeness (QED) is 0.585. The predicted molar refractivity (Wildman–Crippen MR) is 70.7 cm³/mol. The molecule has 0 aliphatic carbocycles. The summed E-state index contributed by atoms with van der Waals surface area (Å²) < 4.78 is 0. The lowest BCUT2D eigenvalue weighted by Crippen LogP contribution is -1.92. The summed E-state index contributed by atoms with van der Waals surface area (Å²) in [4.78, 5) is 4.34. The van der Waals surface area contributed by atoms with Crippen LogP contribution >= 0.6 is 0 Å². The van der Waals surface area contributed by atoms with Gasteiger partial charge in [-0.25, -0.2) is 0 Å². The van der Waals surface area contributed by atoms with Crippen LogP contribution in [0.15, 0.2) is 18.5 Å². The molecule has 0 radical (unpaired) electrons. The number of hydrogen-bond acceptors (Lipinski definition) is 1. The van der Waals surface area contributed by atoms with Gasteiger partial charge < -0.3 is 0 Å². The number of aromatic nitrogens is 1. The van der Waals surface area contributed by atoms with Crippen LogP contribution in [0.25, 0.3) is 0 Å². The number of aryl methyl sites for hydroxylation is 2. The van der Waals surface area contributed by atoms with Crippen LogP contribution in [0.5, 0.6) is 0 Å². The van der Waals surface area contributed by atoms with E-state index in [4.69, 9.17) is 0 Å². The van der Waals surface area contributed by atoms with E-state index in [0.717, 1.165) is 0 Å². The molecule has 16 heavy (non-hydrogen) atoms. The zero-order valence-electron chi connectivity index (χ0n) is 10.8. The molecule has 1 heteroatoms. The first kappa shape index (κ1) is 13.2. The fraction of sp³-hybridized carbons (Fsp3) is 0.667. The fourth-order valence-corrected chi connectivity index (χ4v) is 1.97. The molecule has 0 unspecified atom stereocenters. The second-order valence-electron chi connectivity index (χ2n) is 4.62. The molecule has 0 spiro atoms. The molecule has 0 aromatic carbocycles. The van der Waals surface area contributed by atoms with Crippen LogP contribution in [0.2, 0.25) is 0 Å². The van der Waals surface area contributed by atoms with Gasteiger partial charge in [0, 0.05) is 12.4 Å². The molecule has 0 saturated heterocycles. The number of nitrogens with zero attached hydrogens (tertiary/aromatic N) is 1. The molecular formula is C15H25N. The highest BCUT2D eigenvalue weighted by Crippen LogP contribution is 2.10. The third kappa shape index (κ3) is 5.29. The minimum absolute atomic E-state index is 1.20. The summed E-state index contributed by atoms with van der Waals surface area (Å²) in [5.41, 5.74) is 2.84. The SMILES string of the molecule is CCCCCc1cncc(CCCCC)c1. The second kappa shape index (κ2) is 8.32. The highest BCUT2D eigenvalue weighted by Gasteiger charge is 1.97. The summed E-state index contributed by atoms with van der Waals surface area (Å²) in [6, 6.07) is 2.35. The topological polar surface area (TPSA) is 12.9 Å². The smallest absolute Gasteiger partial charge is 0.0300 e. The Kier molecular flexibility index (Phi) is 6.87. The van der Waals surface area contributed by atoms with E-state index in [0.29, 0.717) is 0 Å². The van der Waals surface area contributed by atoms with Crippen molar-refractivity contribution in [3.8, 4) is 0 Å². The molecule has 1 aromatic rings. The molecule has 0 aliphatic rings. The Morgan fingerprint density at radius 1 is 0.812 bits per heavy atom. The molecule has 0 amide bonds. The van der Waals surface area contributed by atoms with E-state index in [1.807, 2.05) is 12.4 Å². The maximum atomic E-state index is 4.34. The average molecular weight is 219 g/mol. The summed E-state index contributed by atoms with van der Waals surface area (Å²) in [5.74, 6) is 0. The summed E-state index contributed by atoms with van der Waals surface area (Å²) in [6.45, 7) is 4.50. The van der Waals surface area contributed by atoms with Gasteiger partial charge in [0.15, 0.2) is 0 Å². The summed E-state index contributed by atoms with van der Waals surface area (Å²) in [6.07, 6.45) is 14.3. The van der Waals surface area contributed by atoms with E-state index < -0.39 is 0 Å². The predicted octanol–water partition coefficient (Wildman–Crippen LogP) is 4.55. The summed E-state index contributed by atoms with van der Waals surface area (Å²) in [5, 5.41) is 0. The molecule has 0 saturated carbocycles. The molecule has 1 rings (SSSR count). The second-order valence-corrected chi connectivity index (χ2v) is 4.62. The third-order valence-corrected chi connectivity index (χ3v) is 2.99. The van der Waals surface area contributed by atoms with E-state index in [9.17, 15) is 0 Å². The first-order valence-corrected chi connectivity index (χ1v) is 6.79. The molecule has 1 aromatic heterocycles. The highest BCUT2D eigenvalue weighted by molar-refractivity contribution is 5.18. The Bertz CT molecular complexity index is 255. The standard InChI is InChI=1S/C15H25N/c1-3-5-7-9-14-11-15(13-16-12-14)10-8-6-4-2/h11-13H,3-10H2,1-2H3. The lowest BCUT2D eigenvalue weighted by molar-refractivity contribution is 0.705. The van der Waals surface area contributed by atoms with E-state index in [1.165, 1.54) is 62.5 Å². The molecule has 0 aliphatic heterocycles. The lowest BCUT2D eigenvalue weighted by Gasteiger charge is -2.04. The number of unbranched alkanes of at least 4 members (excludes halogenated alkanes) is 4. The maximum absolute atomic E-state index is 4.34. The fourth-order valence-electron chi connectivity index (χ4n) is 1.97. The van der Waals surface area contributed by atoms with Crippen LogP contribution in [0.4, 0.5) is 0 Å².